The zero-order chi connectivity index (χ0) is 16.1. The van der Waals surface area contributed by atoms with Gasteiger partial charge in [0.25, 0.3) is 5.91 Å². The van der Waals surface area contributed by atoms with Crippen molar-refractivity contribution in [3.05, 3.63) is 35.4 Å². The summed E-state index contributed by atoms with van der Waals surface area (Å²) in [6.07, 6.45) is 0.729. The fourth-order valence-electron chi connectivity index (χ4n) is 2.19. The van der Waals surface area contributed by atoms with Crippen molar-refractivity contribution >= 4 is 11.8 Å². The second-order valence-corrected chi connectivity index (χ2v) is 5.17. The van der Waals surface area contributed by atoms with Crippen molar-refractivity contribution in [3.8, 4) is 0 Å². The molecule has 1 aliphatic rings. The zero-order valence-corrected chi connectivity index (χ0v) is 12.3. The Morgan fingerprint density at radius 3 is 2.68 bits per heavy atom. The molecule has 22 heavy (non-hydrogen) atoms. The Balaban J connectivity index is 1.79. The van der Waals surface area contributed by atoms with Gasteiger partial charge in [0.05, 0.1) is 5.92 Å². The van der Waals surface area contributed by atoms with Crippen molar-refractivity contribution in [1.82, 2.24) is 10.2 Å². The summed E-state index contributed by atoms with van der Waals surface area (Å²) in [6.45, 7) is 1.67. The molecule has 120 valence electrons. The van der Waals surface area contributed by atoms with E-state index in [9.17, 15) is 18.4 Å². The Labute approximate surface area is 127 Å². The third kappa shape index (κ3) is 3.79. The third-order valence-corrected chi connectivity index (χ3v) is 3.53. The van der Waals surface area contributed by atoms with Crippen LogP contribution in [0.25, 0.3) is 0 Å². The van der Waals surface area contributed by atoms with Crippen LogP contribution in [-0.2, 0) is 9.53 Å². The first-order chi connectivity index (χ1) is 10.5. The van der Waals surface area contributed by atoms with E-state index < -0.39 is 17.5 Å². The van der Waals surface area contributed by atoms with Crippen LogP contribution in [-0.4, -0.2) is 50.1 Å². The van der Waals surface area contributed by atoms with Gasteiger partial charge in [-0.1, -0.05) is 0 Å². The molecule has 2 amide bonds. The van der Waals surface area contributed by atoms with E-state index in [1.165, 1.54) is 11.0 Å². The average Bonchev–Trinajstić information content (AvgIpc) is 2.45. The predicted molar refractivity (Wildman–Crippen MR) is 75.3 cm³/mol. The lowest BCUT2D eigenvalue weighted by atomic mass is 9.97. The fourth-order valence-corrected chi connectivity index (χ4v) is 2.19. The number of rotatable bonds is 6. The highest BCUT2D eigenvalue weighted by atomic mass is 19.2. The molecule has 0 radical (unpaired) electrons. The number of carbonyl (C=O) groups is 2. The van der Waals surface area contributed by atoms with Crippen LogP contribution in [0.5, 0.6) is 0 Å². The second-order valence-electron chi connectivity index (χ2n) is 5.17. The summed E-state index contributed by atoms with van der Waals surface area (Å²) in [5, 5.41) is 2.77. The van der Waals surface area contributed by atoms with Gasteiger partial charge in [0.15, 0.2) is 11.6 Å². The standard InChI is InChI=1S/C15H18F2N2O3/c1-22-6-2-5-18-14(20)11-8-19(9-11)15(21)10-3-4-12(16)13(17)7-10/h3-4,7,11H,2,5-6,8-9H2,1H3,(H,18,20). The molecular formula is C15H18F2N2O3. The Kier molecular flexibility index (Phi) is 5.43. The van der Waals surface area contributed by atoms with Crippen LogP contribution in [0.2, 0.25) is 0 Å². The molecular weight excluding hydrogens is 294 g/mol. The van der Waals surface area contributed by atoms with E-state index in [1.807, 2.05) is 0 Å². The van der Waals surface area contributed by atoms with Crippen molar-refractivity contribution in [2.45, 2.75) is 6.42 Å². The lowest BCUT2D eigenvalue weighted by molar-refractivity contribution is -0.129. The number of hydrogen-bond donors (Lipinski definition) is 1. The lowest BCUT2D eigenvalue weighted by Gasteiger charge is -2.38. The quantitative estimate of drug-likeness (QED) is 0.803. The van der Waals surface area contributed by atoms with E-state index in [1.54, 1.807) is 7.11 Å². The molecule has 1 aromatic carbocycles. The van der Waals surface area contributed by atoms with E-state index in [-0.39, 0.29) is 30.5 Å². The van der Waals surface area contributed by atoms with E-state index in [4.69, 9.17) is 4.74 Å². The van der Waals surface area contributed by atoms with Crippen LogP contribution >= 0.6 is 0 Å². The Morgan fingerprint density at radius 2 is 2.05 bits per heavy atom. The number of nitrogens with one attached hydrogen (secondary N) is 1. The van der Waals surface area contributed by atoms with Gasteiger partial charge in [0.1, 0.15) is 0 Å². The summed E-state index contributed by atoms with van der Waals surface area (Å²) < 4.78 is 30.8. The Bertz CT molecular complexity index is 560. The van der Waals surface area contributed by atoms with Gasteiger partial charge in [0.2, 0.25) is 5.91 Å². The zero-order valence-electron chi connectivity index (χ0n) is 12.3. The molecule has 1 aromatic rings. The highest BCUT2D eigenvalue weighted by Gasteiger charge is 2.35. The Morgan fingerprint density at radius 1 is 1.32 bits per heavy atom. The largest absolute Gasteiger partial charge is 0.385 e. The smallest absolute Gasteiger partial charge is 0.254 e. The molecule has 0 spiro atoms. The van der Waals surface area contributed by atoms with Crippen molar-refractivity contribution < 1.29 is 23.1 Å². The fraction of sp³-hybridized carbons (Fsp3) is 0.467. The lowest BCUT2D eigenvalue weighted by Crippen LogP contribution is -2.55. The van der Waals surface area contributed by atoms with Crippen LogP contribution in [0.1, 0.15) is 16.8 Å². The predicted octanol–water partition coefficient (Wildman–Crippen LogP) is 1.19. The molecule has 0 atom stereocenters. The van der Waals surface area contributed by atoms with Crippen LogP contribution < -0.4 is 5.32 Å². The van der Waals surface area contributed by atoms with E-state index in [0.717, 1.165) is 18.6 Å². The summed E-state index contributed by atoms with van der Waals surface area (Å²) >= 11 is 0. The number of likely N-dealkylation sites (tertiary alicyclic amines) is 1. The summed E-state index contributed by atoms with van der Waals surface area (Å²) in [5.41, 5.74) is 0.0813. The summed E-state index contributed by atoms with van der Waals surface area (Å²) in [4.78, 5) is 25.3. The minimum absolute atomic E-state index is 0.0813. The van der Waals surface area contributed by atoms with Crippen molar-refractivity contribution in [3.63, 3.8) is 0 Å². The molecule has 0 bridgehead atoms. The molecule has 7 heteroatoms. The molecule has 1 N–H and O–H groups in total. The summed E-state index contributed by atoms with van der Waals surface area (Å²) in [5.74, 6) is -2.81. The summed E-state index contributed by atoms with van der Waals surface area (Å²) in [6, 6.07) is 3.02. The van der Waals surface area contributed by atoms with Crippen molar-refractivity contribution in [1.29, 1.82) is 0 Å². The van der Waals surface area contributed by atoms with Gasteiger partial charge in [-0.2, -0.15) is 0 Å². The SMILES string of the molecule is COCCCNC(=O)C1CN(C(=O)c2ccc(F)c(F)c2)C1. The maximum Gasteiger partial charge on any atom is 0.254 e. The number of benzene rings is 1. The molecule has 1 fully saturated rings. The second kappa shape index (κ2) is 7.31. The van der Waals surface area contributed by atoms with Crippen molar-refractivity contribution in [2.75, 3.05) is 33.4 Å². The number of hydrogen-bond acceptors (Lipinski definition) is 3. The number of carbonyl (C=O) groups excluding carboxylic acids is 2. The Hall–Kier alpha value is -2.02. The van der Waals surface area contributed by atoms with Gasteiger partial charge in [-0.05, 0) is 24.6 Å². The molecule has 2 rings (SSSR count). The first-order valence-corrected chi connectivity index (χ1v) is 7.04. The third-order valence-electron chi connectivity index (χ3n) is 3.53. The van der Waals surface area contributed by atoms with Gasteiger partial charge < -0.3 is 15.0 Å². The number of halogens is 2. The normalized spacial score (nSPS) is 14.6. The molecule has 0 unspecified atom stereocenters. The molecule has 0 aromatic heterocycles. The molecule has 1 aliphatic heterocycles. The first-order valence-electron chi connectivity index (χ1n) is 7.04. The number of ether oxygens (including phenoxy) is 1. The molecule has 1 heterocycles. The van der Waals surface area contributed by atoms with Gasteiger partial charge >= 0.3 is 0 Å². The topological polar surface area (TPSA) is 58.6 Å². The van der Waals surface area contributed by atoms with Crippen LogP contribution in [0.4, 0.5) is 8.78 Å². The van der Waals surface area contributed by atoms with Gasteiger partial charge in [0, 0.05) is 38.9 Å². The minimum atomic E-state index is -1.06. The van der Waals surface area contributed by atoms with E-state index >= 15 is 0 Å². The van der Waals surface area contributed by atoms with Gasteiger partial charge in [-0.3, -0.25) is 9.59 Å². The van der Waals surface area contributed by atoms with Crippen LogP contribution in [0.3, 0.4) is 0 Å². The number of nitrogens with zero attached hydrogens (tertiary/aromatic N) is 1. The number of methoxy groups -OCH3 is 1. The highest BCUT2D eigenvalue weighted by molar-refractivity contribution is 5.96. The van der Waals surface area contributed by atoms with E-state index in [2.05, 4.69) is 5.32 Å². The monoisotopic (exact) mass is 312 g/mol. The average molecular weight is 312 g/mol. The molecule has 1 saturated heterocycles. The maximum atomic E-state index is 13.1. The van der Waals surface area contributed by atoms with Gasteiger partial charge in [-0.25, -0.2) is 8.78 Å². The van der Waals surface area contributed by atoms with Crippen LogP contribution in [0, 0.1) is 17.6 Å². The maximum absolute atomic E-state index is 13.1. The minimum Gasteiger partial charge on any atom is -0.385 e. The molecule has 5 nitrogen and oxygen atoms in total. The van der Waals surface area contributed by atoms with Gasteiger partial charge in [-0.15, -0.1) is 0 Å². The van der Waals surface area contributed by atoms with Crippen LogP contribution in [0.15, 0.2) is 18.2 Å². The summed E-state index contributed by atoms with van der Waals surface area (Å²) in [7, 11) is 1.59. The molecule has 0 saturated carbocycles. The van der Waals surface area contributed by atoms with Crippen molar-refractivity contribution in [2.24, 2.45) is 5.92 Å². The first kappa shape index (κ1) is 16.4. The van der Waals surface area contributed by atoms with E-state index in [0.29, 0.717) is 13.2 Å². The highest BCUT2D eigenvalue weighted by Crippen LogP contribution is 2.20. The number of amides is 2. The molecule has 0 aliphatic carbocycles.